The predicted octanol–water partition coefficient (Wildman–Crippen LogP) is 2.36. The third-order valence-electron chi connectivity index (χ3n) is 2.71. The largest absolute Gasteiger partial charge is 0.468 e. The van der Waals surface area contributed by atoms with Crippen LogP contribution in [0.1, 0.15) is 22.3 Å². The van der Waals surface area contributed by atoms with Gasteiger partial charge in [0.05, 0.1) is 23.9 Å². The van der Waals surface area contributed by atoms with E-state index in [1.165, 1.54) is 7.11 Å². The van der Waals surface area contributed by atoms with Gasteiger partial charge in [0.2, 0.25) is 0 Å². The van der Waals surface area contributed by atoms with Gasteiger partial charge in [-0.15, -0.1) is 11.3 Å². The summed E-state index contributed by atoms with van der Waals surface area (Å²) < 4.78 is 12.3. The molecule has 19 heavy (non-hydrogen) atoms. The molecule has 5 nitrogen and oxygen atoms in total. The summed E-state index contributed by atoms with van der Waals surface area (Å²) in [6.45, 7) is 4.04. The lowest BCUT2D eigenvalue weighted by Crippen LogP contribution is -2.17. The SMILES string of the molecule is CCOC(=O)c1cc2sc(C)cc2n1CC(=O)OC. The molecule has 0 bridgehead atoms. The van der Waals surface area contributed by atoms with Gasteiger partial charge in [-0.2, -0.15) is 0 Å². The monoisotopic (exact) mass is 281 g/mol. The van der Waals surface area contributed by atoms with Crippen LogP contribution in [-0.4, -0.2) is 30.2 Å². The number of carbonyl (C=O) groups is 2. The highest BCUT2D eigenvalue weighted by Crippen LogP contribution is 2.29. The fourth-order valence-electron chi connectivity index (χ4n) is 1.90. The molecule has 6 heteroatoms. The number of aryl methyl sites for hydroxylation is 1. The van der Waals surface area contributed by atoms with Crippen LogP contribution in [0.2, 0.25) is 0 Å². The van der Waals surface area contributed by atoms with Gasteiger partial charge in [0, 0.05) is 4.88 Å². The van der Waals surface area contributed by atoms with Gasteiger partial charge in [-0.1, -0.05) is 0 Å². The Morgan fingerprint density at radius 3 is 2.74 bits per heavy atom. The summed E-state index contributed by atoms with van der Waals surface area (Å²) in [5.41, 5.74) is 1.24. The Balaban J connectivity index is 2.49. The zero-order chi connectivity index (χ0) is 14.0. The molecular weight excluding hydrogens is 266 g/mol. The number of fused-ring (bicyclic) bond motifs is 1. The third-order valence-corrected chi connectivity index (χ3v) is 3.70. The van der Waals surface area contributed by atoms with Gasteiger partial charge in [0.25, 0.3) is 0 Å². The van der Waals surface area contributed by atoms with E-state index in [1.54, 1.807) is 28.9 Å². The van der Waals surface area contributed by atoms with Crippen LogP contribution >= 0.6 is 11.3 Å². The lowest BCUT2D eigenvalue weighted by atomic mass is 10.4. The fourth-order valence-corrected chi connectivity index (χ4v) is 2.86. The number of hydrogen-bond acceptors (Lipinski definition) is 5. The molecule has 0 aromatic carbocycles. The molecule has 0 aliphatic heterocycles. The average molecular weight is 281 g/mol. The number of hydrogen-bond donors (Lipinski definition) is 0. The van der Waals surface area contributed by atoms with Crippen molar-refractivity contribution in [2.45, 2.75) is 20.4 Å². The van der Waals surface area contributed by atoms with Crippen LogP contribution in [0.15, 0.2) is 12.1 Å². The van der Waals surface area contributed by atoms with E-state index in [0.717, 1.165) is 15.1 Å². The second-order valence-corrected chi connectivity index (χ2v) is 5.31. The molecule has 0 fully saturated rings. The molecule has 2 aromatic rings. The van der Waals surface area contributed by atoms with E-state index in [1.807, 2.05) is 13.0 Å². The molecule has 2 aromatic heterocycles. The molecule has 2 rings (SSSR count). The maximum absolute atomic E-state index is 11.9. The van der Waals surface area contributed by atoms with Crippen molar-refractivity contribution in [3.8, 4) is 0 Å². The first kappa shape index (κ1) is 13.6. The van der Waals surface area contributed by atoms with Crippen molar-refractivity contribution in [1.29, 1.82) is 0 Å². The Labute approximate surface area is 114 Å². The molecule has 0 atom stereocenters. The number of rotatable bonds is 4. The first-order chi connectivity index (χ1) is 9.06. The highest BCUT2D eigenvalue weighted by Gasteiger charge is 2.20. The van der Waals surface area contributed by atoms with Crippen LogP contribution in [0.4, 0.5) is 0 Å². The summed E-state index contributed by atoms with van der Waals surface area (Å²) in [7, 11) is 1.33. The average Bonchev–Trinajstić information content (AvgIpc) is 2.87. The normalized spacial score (nSPS) is 10.7. The van der Waals surface area contributed by atoms with E-state index in [9.17, 15) is 9.59 Å². The molecule has 0 aliphatic rings. The summed E-state index contributed by atoms with van der Waals surface area (Å²) >= 11 is 1.58. The summed E-state index contributed by atoms with van der Waals surface area (Å²) in [5, 5.41) is 0. The van der Waals surface area contributed by atoms with Crippen molar-refractivity contribution in [3.05, 3.63) is 22.7 Å². The van der Waals surface area contributed by atoms with Crippen molar-refractivity contribution in [3.63, 3.8) is 0 Å². The molecule has 0 saturated heterocycles. The number of nitrogens with zero attached hydrogens (tertiary/aromatic N) is 1. The first-order valence-corrected chi connectivity index (χ1v) is 6.72. The standard InChI is InChI=1S/C13H15NO4S/c1-4-18-13(16)10-6-11-9(5-8(2)19-11)14(10)7-12(15)17-3/h5-6H,4,7H2,1-3H3. The van der Waals surface area contributed by atoms with Gasteiger partial charge in [-0.05, 0) is 26.0 Å². The summed E-state index contributed by atoms with van der Waals surface area (Å²) in [6.07, 6.45) is 0. The third kappa shape index (κ3) is 2.63. The van der Waals surface area contributed by atoms with E-state index < -0.39 is 11.9 Å². The van der Waals surface area contributed by atoms with E-state index in [-0.39, 0.29) is 6.54 Å². The van der Waals surface area contributed by atoms with Gasteiger partial charge in [-0.25, -0.2) is 4.79 Å². The van der Waals surface area contributed by atoms with Crippen molar-refractivity contribution < 1.29 is 19.1 Å². The summed E-state index contributed by atoms with van der Waals surface area (Å²) in [6, 6.07) is 3.71. The molecule has 0 spiro atoms. The van der Waals surface area contributed by atoms with Gasteiger partial charge in [0.1, 0.15) is 12.2 Å². The van der Waals surface area contributed by atoms with Gasteiger partial charge in [0.15, 0.2) is 0 Å². The molecule has 0 unspecified atom stereocenters. The van der Waals surface area contributed by atoms with Crippen LogP contribution in [-0.2, 0) is 20.8 Å². The first-order valence-electron chi connectivity index (χ1n) is 5.90. The van der Waals surface area contributed by atoms with Crippen LogP contribution in [0.3, 0.4) is 0 Å². The molecular formula is C13H15NO4S. The van der Waals surface area contributed by atoms with Gasteiger partial charge in [-0.3, -0.25) is 4.79 Å². The zero-order valence-electron chi connectivity index (χ0n) is 11.1. The lowest BCUT2D eigenvalue weighted by Gasteiger charge is -2.08. The topological polar surface area (TPSA) is 57.5 Å². The summed E-state index contributed by atoms with van der Waals surface area (Å²) in [5.74, 6) is -0.820. The van der Waals surface area contributed by atoms with Crippen molar-refractivity contribution in [2.75, 3.05) is 13.7 Å². The fraction of sp³-hybridized carbons (Fsp3) is 0.385. The zero-order valence-corrected chi connectivity index (χ0v) is 11.9. The molecule has 0 saturated carbocycles. The second kappa shape index (κ2) is 5.44. The Bertz CT molecular complexity index is 626. The van der Waals surface area contributed by atoms with Crippen LogP contribution in [0, 0.1) is 6.92 Å². The van der Waals surface area contributed by atoms with Gasteiger partial charge < -0.3 is 14.0 Å². The minimum atomic E-state index is -0.424. The highest BCUT2D eigenvalue weighted by atomic mass is 32.1. The minimum absolute atomic E-state index is 0.00429. The van der Waals surface area contributed by atoms with Gasteiger partial charge >= 0.3 is 11.9 Å². The molecule has 2 heterocycles. The smallest absolute Gasteiger partial charge is 0.355 e. The highest BCUT2D eigenvalue weighted by molar-refractivity contribution is 7.19. The van der Waals surface area contributed by atoms with E-state index in [0.29, 0.717) is 12.3 Å². The minimum Gasteiger partial charge on any atom is -0.468 e. The maximum atomic E-state index is 11.9. The molecule has 0 aliphatic carbocycles. The number of esters is 2. The lowest BCUT2D eigenvalue weighted by molar-refractivity contribution is -0.141. The van der Waals surface area contributed by atoms with Crippen molar-refractivity contribution in [1.82, 2.24) is 4.57 Å². The quantitative estimate of drug-likeness (QED) is 0.807. The Kier molecular flexibility index (Phi) is 3.90. The van der Waals surface area contributed by atoms with Crippen molar-refractivity contribution >= 4 is 33.5 Å². The van der Waals surface area contributed by atoms with E-state index in [4.69, 9.17) is 4.74 Å². The van der Waals surface area contributed by atoms with Crippen LogP contribution in [0.5, 0.6) is 0 Å². The molecule has 0 N–H and O–H groups in total. The van der Waals surface area contributed by atoms with Crippen LogP contribution in [0.25, 0.3) is 10.2 Å². The van der Waals surface area contributed by atoms with Crippen molar-refractivity contribution in [2.24, 2.45) is 0 Å². The number of carbonyl (C=O) groups excluding carboxylic acids is 2. The van der Waals surface area contributed by atoms with E-state index >= 15 is 0 Å². The number of thiophene rings is 1. The Morgan fingerprint density at radius 2 is 2.11 bits per heavy atom. The molecule has 102 valence electrons. The second-order valence-electron chi connectivity index (χ2n) is 4.02. The Hall–Kier alpha value is -1.82. The molecule has 0 amide bonds. The van der Waals surface area contributed by atoms with Crippen LogP contribution < -0.4 is 0 Å². The number of aromatic nitrogens is 1. The Morgan fingerprint density at radius 1 is 1.37 bits per heavy atom. The number of methoxy groups -OCH3 is 1. The number of ether oxygens (including phenoxy) is 2. The summed E-state index contributed by atoms with van der Waals surface area (Å²) in [4.78, 5) is 24.5. The maximum Gasteiger partial charge on any atom is 0.355 e. The van der Waals surface area contributed by atoms with E-state index in [2.05, 4.69) is 4.74 Å². The predicted molar refractivity (Wildman–Crippen MR) is 72.5 cm³/mol. The molecule has 0 radical (unpaired) electrons.